The van der Waals surface area contributed by atoms with Crippen molar-refractivity contribution in [1.82, 2.24) is 9.78 Å². The lowest BCUT2D eigenvalue weighted by Crippen LogP contribution is -2.12. The minimum Gasteiger partial charge on any atom is -0.479 e. The third kappa shape index (κ3) is 5.39. The number of carbonyl (C=O) groups excluding carboxylic acids is 1. The molecule has 10 heteroatoms. The Morgan fingerprint density at radius 1 is 1.21 bits per heavy atom. The Morgan fingerprint density at radius 2 is 2.03 bits per heavy atom. The molecule has 9 nitrogen and oxygen atoms in total. The number of furan rings is 1. The van der Waals surface area contributed by atoms with Gasteiger partial charge in [-0.3, -0.25) is 19.6 Å². The lowest BCUT2D eigenvalue weighted by Gasteiger charge is -2.06. The van der Waals surface area contributed by atoms with Crippen LogP contribution in [-0.4, -0.2) is 20.6 Å². The van der Waals surface area contributed by atoms with Crippen LogP contribution in [0.3, 0.4) is 0 Å². The zero-order valence-electron chi connectivity index (χ0n) is 17.5. The van der Waals surface area contributed by atoms with Crippen molar-refractivity contribution in [2.24, 2.45) is 0 Å². The molecule has 0 aliphatic heterocycles. The number of hydrogen-bond acceptors (Lipinski definition) is 6. The number of carbonyl (C=O) groups is 1. The SMILES string of the molecule is Cc1ccc(OCc2ccc(C(=O)Nc3ccn(Cc4ccccc4Cl)n3)o2)c([N+](=O)[O-])c1. The van der Waals surface area contributed by atoms with E-state index in [0.717, 1.165) is 11.1 Å². The summed E-state index contributed by atoms with van der Waals surface area (Å²) < 4.78 is 12.7. The van der Waals surface area contributed by atoms with Gasteiger partial charge in [-0.1, -0.05) is 35.9 Å². The van der Waals surface area contributed by atoms with Crippen molar-refractivity contribution in [1.29, 1.82) is 0 Å². The zero-order valence-corrected chi connectivity index (χ0v) is 18.3. The van der Waals surface area contributed by atoms with Gasteiger partial charge < -0.3 is 14.5 Å². The summed E-state index contributed by atoms with van der Waals surface area (Å²) in [5, 5.41) is 18.8. The van der Waals surface area contributed by atoms with Crippen molar-refractivity contribution in [3.63, 3.8) is 0 Å². The van der Waals surface area contributed by atoms with Crippen LogP contribution < -0.4 is 10.1 Å². The second-order valence-corrected chi connectivity index (χ2v) is 7.63. The van der Waals surface area contributed by atoms with Gasteiger partial charge in [-0.2, -0.15) is 5.10 Å². The average molecular weight is 467 g/mol. The Kier molecular flexibility index (Phi) is 6.41. The summed E-state index contributed by atoms with van der Waals surface area (Å²) >= 11 is 6.18. The van der Waals surface area contributed by atoms with E-state index in [9.17, 15) is 14.9 Å². The molecule has 4 aromatic rings. The molecule has 0 radical (unpaired) electrons. The smallest absolute Gasteiger partial charge is 0.311 e. The molecule has 168 valence electrons. The van der Waals surface area contributed by atoms with Gasteiger partial charge in [0.05, 0.1) is 11.5 Å². The average Bonchev–Trinajstić information content (AvgIpc) is 3.44. The molecule has 0 unspecified atom stereocenters. The number of nitro groups is 1. The topological polar surface area (TPSA) is 112 Å². The van der Waals surface area contributed by atoms with Crippen LogP contribution in [0.15, 0.2) is 71.3 Å². The third-order valence-corrected chi connectivity index (χ3v) is 5.11. The van der Waals surface area contributed by atoms with E-state index in [1.807, 2.05) is 18.2 Å². The first-order chi connectivity index (χ1) is 15.9. The van der Waals surface area contributed by atoms with E-state index in [1.165, 1.54) is 18.2 Å². The molecule has 1 N–H and O–H groups in total. The van der Waals surface area contributed by atoms with Gasteiger partial charge in [0.2, 0.25) is 0 Å². The minimum atomic E-state index is -0.506. The molecular weight excluding hydrogens is 448 g/mol. The van der Waals surface area contributed by atoms with Crippen LogP contribution >= 0.6 is 11.6 Å². The lowest BCUT2D eigenvalue weighted by molar-refractivity contribution is -0.386. The van der Waals surface area contributed by atoms with Crippen LogP contribution in [0.5, 0.6) is 5.75 Å². The van der Waals surface area contributed by atoms with Crippen LogP contribution in [0.1, 0.15) is 27.4 Å². The number of nitro benzene ring substituents is 1. The summed E-state index contributed by atoms with van der Waals surface area (Å²) in [5.74, 6) is 0.408. The molecule has 2 heterocycles. The van der Waals surface area contributed by atoms with Crippen molar-refractivity contribution < 1.29 is 18.9 Å². The number of hydrogen-bond donors (Lipinski definition) is 1. The predicted molar refractivity (Wildman–Crippen MR) is 122 cm³/mol. The maximum atomic E-state index is 12.5. The predicted octanol–water partition coefficient (Wildman–Crippen LogP) is 5.23. The van der Waals surface area contributed by atoms with E-state index in [4.69, 9.17) is 20.8 Å². The number of anilines is 1. The first-order valence-corrected chi connectivity index (χ1v) is 10.3. The number of benzene rings is 2. The van der Waals surface area contributed by atoms with E-state index in [0.29, 0.717) is 23.1 Å². The molecule has 2 aromatic heterocycles. The zero-order chi connectivity index (χ0) is 23.4. The van der Waals surface area contributed by atoms with Crippen molar-refractivity contribution in [2.75, 3.05) is 5.32 Å². The largest absolute Gasteiger partial charge is 0.479 e. The summed E-state index contributed by atoms with van der Waals surface area (Å²) in [4.78, 5) is 23.2. The van der Waals surface area contributed by atoms with Crippen molar-refractivity contribution >= 4 is 29.0 Å². The van der Waals surface area contributed by atoms with E-state index < -0.39 is 10.8 Å². The molecule has 0 saturated heterocycles. The van der Waals surface area contributed by atoms with Crippen molar-refractivity contribution in [3.8, 4) is 5.75 Å². The Morgan fingerprint density at radius 3 is 2.82 bits per heavy atom. The summed E-state index contributed by atoms with van der Waals surface area (Å²) in [6.07, 6.45) is 1.73. The molecule has 33 heavy (non-hydrogen) atoms. The van der Waals surface area contributed by atoms with Crippen LogP contribution in [0.25, 0.3) is 0 Å². The second kappa shape index (κ2) is 9.58. The Labute approximate surface area is 193 Å². The third-order valence-electron chi connectivity index (χ3n) is 4.74. The van der Waals surface area contributed by atoms with E-state index in [1.54, 1.807) is 42.1 Å². The van der Waals surface area contributed by atoms with Crippen molar-refractivity contribution in [3.05, 3.63) is 105 Å². The Bertz CT molecular complexity index is 1310. The monoisotopic (exact) mass is 466 g/mol. The maximum absolute atomic E-state index is 12.5. The summed E-state index contributed by atoms with van der Waals surface area (Å²) in [5.41, 5.74) is 1.52. The maximum Gasteiger partial charge on any atom is 0.311 e. The van der Waals surface area contributed by atoms with Gasteiger partial charge in [0, 0.05) is 23.4 Å². The number of aromatic nitrogens is 2. The quantitative estimate of drug-likeness (QED) is 0.281. The Hall–Kier alpha value is -4.11. The number of halogens is 1. The number of nitrogens with one attached hydrogen (secondary N) is 1. The van der Waals surface area contributed by atoms with Gasteiger partial charge >= 0.3 is 5.69 Å². The molecule has 0 aliphatic carbocycles. The summed E-state index contributed by atoms with van der Waals surface area (Å²) in [6, 6.07) is 16.9. The molecule has 0 saturated carbocycles. The molecule has 0 atom stereocenters. The first-order valence-electron chi connectivity index (χ1n) is 9.94. The highest BCUT2D eigenvalue weighted by molar-refractivity contribution is 6.31. The minimum absolute atomic E-state index is 0.0626. The van der Waals surface area contributed by atoms with E-state index in [-0.39, 0.29) is 23.8 Å². The summed E-state index contributed by atoms with van der Waals surface area (Å²) in [6.45, 7) is 2.15. The fraction of sp³-hybridized carbons (Fsp3) is 0.130. The Balaban J connectivity index is 1.36. The fourth-order valence-electron chi connectivity index (χ4n) is 3.11. The number of rotatable bonds is 8. The number of ether oxygens (including phenoxy) is 1. The van der Waals surface area contributed by atoms with Gasteiger partial charge in [-0.05, 0) is 42.3 Å². The van der Waals surface area contributed by atoms with E-state index in [2.05, 4.69) is 10.4 Å². The standard InChI is InChI=1S/C23H19ClN4O5/c1-15-6-8-20(19(12-15)28(30)31)32-14-17-7-9-21(33-17)23(29)25-22-10-11-27(26-22)13-16-4-2-3-5-18(16)24/h2-12H,13-14H2,1H3,(H,25,26,29). The van der Waals surface area contributed by atoms with Gasteiger partial charge in [0.25, 0.3) is 5.91 Å². The summed E-state index contributed by atoms with van der Waals surface area (Å²) in [7, 11) is 0. The first kappa shape index (κ1) is 22.1. The molecule has 1 amide bonds. The molecule has 0 bridgehead atoms. The van der Waals surface area contributed by atoms with Crippen LogP contribution in [-0.2, 0) is 13.2 Å². The van der Waals surface area contributed by atoms with Gasteiger partial charge in [0.15, 0.2) is 17.3 Å². The number of amides is 1. The van der Waals surface area contributed by atoms with Gasteiger partial charge in [-0.15, -0.1) is 0 Å². The number of nitrogens with zero attached hydrogens (tertiary/aromatic N) is 3. The van der Waals surface area contributed by atoms with Crippen LogP contribution in [0, 0.1) is 17.0 Å². The normalized spacial score (nSPS) is 10.7. The molecule has 4 rings (SSSR count). The highest BCUT2D eigenvalue weighted by atomic mass is 35.5. The highest BCUT2D eigenvalue weighted by Crippen LogP contribution is 2.28. The van der Waals surface area contributed by atoms with Gasteiger partial charge in [-0.25, -0.2) is 0 Å². The number of aryl methyl sites for hydroxylation is 1. The molecule has 0 spiro atoms. The second-order valence-electron chi connectivity index (χ2n) is 7.23. The fourth-order valence-corrected chi connectivity index (χ4v) is 3.31. The lowest BCUT2D eigenvalue weighted by atomic mass is 10.2. The van der Waals surface area contributed by atoms with E-state index >= 15 is 0 Å². The van der Waals surface area contributed by atoms with Crippen molar-refractivity contribution in [2.45, 2.75) is 20.1 Å². The molecule has 0 fully saturated rings. The molecule has 0 aliphatic rings. The van der Waals surface area contributed by atoms with Gasteiger partial charge in [0.1, 0.15) is 12.4 Å². The van der Waals surface area contributed by atoms with Crippen LogP contribution in [0.4, 0.5) is 11.5 Å². The van der Waals surface area contributed by atoms with Crippen LogP contribution in [0.2, 0.25) is 5.02 Å². The molecule has 2 aromatic carbocycles. The molecular formula is C23H19ClN4O5. The highest BCUT2D eigenvalue weighted by Gasteiger charge is 2.17.